The van der Waals surface area contributed by atoms with Crippen LogP contribution in [0.2, 0.25) is 0 Å². The highest BCUT2D eigenvalue weighted by Crippen LogP contribution is 2.22. The molecule has 146 valence electrons. The lowest BCUT2D eigenvalue weighted by Crippen LogP contribution is -2.10. The first-order chi connectivity index (χ1) is 13.5. The molecule has 8 nitrogen and oxygen atoms in total. The van der Waals surface area contributed by atoms with E-state index in [0.29, 0.717) is 23.1 Å². The van der Waals surface area contributed by atoms with Gasteiger partial charge in [0.15, 0.2) is 11.6 Å². The number of Topliss-reactive ketones (excluding diaryl/α,β-unsaturated/α-hetero) is 1. The summed E-state index contributed by atoms with van der Waals surface area (Å²) in [6.45, 7) is 4.29. The quantitative estimate of drug-likeness (QED) is 0.353. The van der Waals surface area contributed by atoms with E-state index in [1.165, 1.54) is 18.9 Å². The molecular formula is C19H21N5O3S. The van der Waals surface area contributed by atoms with Crippen LogP contribution in [0.15, 0.2) is 35.7 Å². The van der Waals surface area contributed by atoms with Gasteiger partial charge in [-0.3, -0.25) is 19.7 Å². The van der Waals surface area contributed by atoms with E-state index >= 15 is 0 Å². The lowest BCUT2D eigenvalue weighted by Gasteiger charge is -2.08. The summed E-state index contributed by atoms with van der Waals surface area (Å²) in [5, 5.41) is 7.55. The monoisotopic (exact) mass is 399 g/mol. The Labute approximate surface area is 166 Å². The highest BCUT2D eigenvalue weighted by molar-refractivity contribution is 7.99. The molecule has 0 aromatic carbocycles. The van der Waals surface area contributed by atoms with Crippen molar-refractivity contribution in [3.63, 3.8) is 0 Å². The minimum Gasteiger partial charge on any atom is -0.469 e. The van der Waals surface area contributed by atoms with Crippen LogP contribution in [0.4, 0.5) is 0 Å². The maximum atomic E-state index is 12.7. The van der Waals surface area contributed by atoms with E-state index < -0.39 is 0 Å². The Morgan fingerprint density at radius 2 is 2.00 bits per heavy atom. The molecule has 0 saturated carbocycles. The molecule has 0 atom stereocenters. The normalized spacial score (nSPS) is 10.8. The van der Waals surface area contributed by atoms with E-state index in [0.717, 1.165) is 17.0 Å². The average molecular weight is 399 g/mol. The zero-order valence-corrected chi connectivity index (χ0v) is 16.7. The standard InChI is InChI=1S/C19H21N5O3S/c1-12-10-15(13(2)24(12)9-6-17(26)27-3)16(25)11-28-19-21-18(22-23-19)14-4-7-20-8-5-14/h4-5,7-8,10H,6,9,11H2,1-3H3,(H,21,22,23). The summed E-state index contributed by atoms with van der Waals surface area (Å²) < 4.78 is 6.65. The van der Waals surface area contributed by atoms with Gasteiger partial charge in [-0.15, -0.1) is 5.10 Å². The van der Waals surface area contributed by atoms with Crippen molar-refractivity contribution in [2.24, 2.45) is 0 Å². The zero-order chi connectivity index (χ0) is 20.1. The van der Waals surface area contributed by atoms with Crippen molar-refractivity contribution < 1.29 is 14.3 Å². The van der Waals surface area contributed by atoms with E-state index in [4.69, 9.17) is 0 Å². The third-order valence-electron chi connectivity index (χ3n) is 4.39. The third kappa shape index (κ3) is 4.48. The zero-order valence-electron chi connectivity index (χ0n) is 15.9. The van der Waals surface area contributed by atoms with Crippen LogP contribution in [-0.4, -0.2) is 49.3 Å². The topological polar surface area (TPSA) is 103 Å². The van der Waals surface area contributed by atoms with Crippen LogP contribution in [0, 0.1) is 13.8 Å². The predicted octanol–water partition coefficient (Wildman–Crippen LogP) is 2.82. The molecule has 0 radical (unpaired) electrons. The Balaban J connectivity index is 1.64. The molecule has 0 spiro atoms. The highest BCUT2D eigenvalue weighted by Gasteiger charge is 2.17. The van der Waals surface area contributed by atoms with Crippen LogP contribution < -0.4 is 0 Å². The number of carbonyl (C=O) groups is 2. The number of ketones is 1. The number of pyridine rings is 1. The Morgan fingerprint density at radius 3 is 2.71 bits per heavy atom. The molecule has 0 bridgehead atoms. The van der Waals surface area contributed by atoms with E-state index in [1.807, 2.05) is 36.6 Å². The number of H-pyrrole nitrogens is 1. The van der Waals surface area contributed by atoms with Gasteiger partial charge < -0.3 is 9.30 Å². The highest BCUT2D eigenvalue weighted by atomic mass is 32.2. The number of aromatic amines is 1. The number of hydrogen-bond acceptors (Lipinski definition) is 7. The van der Waals surface area contributed by atoms with Crippen LogP contribution in [0.1, 0.15) is 28.2 Å². The largest absolute Gasteiger partial charge is 0.469 e. The Kier molecular flexibility index (Phi) is 6.25. The Bertz CT molecular complexity index is 981. The van der Waals surface area contributed by atoms with E-state index in [-0.39, 0.29) is 23.9 Å². The molecule has 3 rings (SSSR count). The van der Waals surface area contributed by atoms with Crippen molar-refractivity contribution in [2.45, 2.75) is 32.0 Å². The van der Waals surface area contributed by atoms with Crippen molar-refractivity contribution in [1.29, 1.82) is 0 Å². The number of thioether (sulfide) groups is 1. The summed E-state index contributed by atoms with van der Waals surface area (Å²) in [5.41, 5.74) is 3.32. The van der Waals surface area contributed by atoms with Gasteiger partial charge in [0, 0.05) is 41.5 Å². The molecule has 9 heteroatoms. The summed E-state index contributed by atoms with van der Waals surface area (Å²) in [7, 11) is 1.37. The summed E-state index contributed by atoms with van der Waals surface area (Å²) in [4.78, 5) is 32.4. The molecule has 3 aromatic heterocycles. The second kappa shape index (κ2) is 8.83. The number of rotatable bonds is 8. The van der Waals surface area contributed by atoms with Gasteiger partial charge in [0.05, 0.1) is 19.3 Å². The van der Waals surface area contributed by atoms with E-state index in [1.54, 1.807) is 12.4 Å². The number of nitrogens with one attached hydrogen (secondary N) is 1. The van der Waals surface area contributed by atoms with Gasteiger partial charge in [-0.25, -0.2) is 4.98 Å². The second-order valence-electron chi connectivity index (χ2n) is 6.18. The van der Waals surface area contributed by atoms with Crippen LogP contribution in [-0.2, 0) is 16.1 Å². The molecule has 0 saturated heterocycles. The minimum atomic E-state index is -0.273. The summed E-state index contributed by atoms with van der Waals surface area (Å²) in [5.74, 6) is 0.594. The molecule has 0 aliphatic heterocycles. The van der Waals surface area contributed by atoms with Gasteiger partial charge in [-0.05, 0) is 32.0 Å². The van der Waals surface area contributed by atoms with Crippen LogP contribution in [0.25, 0.3) is 11.4 Å². The smallest absolute Gasteiger partial charge is 0.307 e. The number of aryl methyl sites for hydroxylation is 1. The molecule has 0 unspecified atom stereocenters. The number of nitrogens with zero attached hydrogens (tertiary/aromatic N) is 4. The molecule has 0 aliphatic carbocycles. The van der Waals surface area contributed by atoms with Gasteiger partial charge in [-0.1, -0.05) is 11.8 Å². The molecule has 0 aliphatic rings. The Morgan fingerprint density at radius 1 is 1.25 bits per heavy atom. The summed E-state index contributed by atoms with van der Waals surface area (Å²) >= 11 is 1.28. The number of carbonyl (C=O) groups excluding carboxylic acids is 2. The SMILES string of the molecule is COC(=O)CCn1c(C)cc(C(=O)CSc2n[nH]c(-c3ccncc3)n2)c1C. The number of ether oxygens (including phenoxy) is 1. The predicted molar refractivity (Wildman–Crippen MR) is 105 cm³/mol. The van der Waals surface area contributed by atoms with E-state index in [9.17, 15) is 9.59 Å². The molecule has 3 heterocycles. The van der Waals surface area contributed by atoms with Gasteiger partial charge >= 0.3 is 5.97 Å². The molecule has 0 fully saturated rings. The lowest BCUT2D eigenvalue weighted by molar-refractivity contribution is -0.140. The number of esters is 1. The molecule has 28 heavy (non-hydrogen) atoms. The molecular weight excluding hydrogens is 378 g/mol. The fourth-order valence-corrected chi connectivity index (χ4v) is 3.57. The Hall–Kier alpha value is -2.94. The fourth-order valence-electron chi connectivity index (χ4n) is 2.89. The van der Waals surface area contributed by atoms with Crippen LogP contribution in [0.3, 0.4) is 0 Å². The molecule has 1 N–H and O–H groups in total. The molecule has 0 amide bonds. The average Bonchev–Trinajstić information content (AvgIpc) is 3.30. The first kappa shape index (κ1) is 19.8. The second-order valence-corrected chi connectivity index (χ2v) is 7.12. The molecule has 3 aromatic rings. The number of aromatic nitrogens is 5. The summed E-state index contributed by atoms with van der Waals surface area (Å²) in [6, 6.07) is 5.53. The van der Waals surface area contributed by atoms with Crippen molar-refractivity contribution in [2.75, 3.05) is 12.9 Å². The van der Waals surface area contributed by atoms with Crippen molar-refractivity contribution >= 4 is 23.5 Å². The number of hydrogen-bond donors (Lipinski definition) is 1. The summed E-state index contributed by atoms with van der Waals surface area (Å²) in [6.07, 6.45) is 3.64. The van der Waals surface area contributed by atoms with Crippen molar-refractivity contribution in [3.8, 4) is 11.4 Å². The van der Waals surface area contributed by atoms with Gasteiger partial charge in [-0.2, -0.15) is 0 Å². The van der Waals surface area contributed by atoms with E-state index in [2.05, 4.69) is 24.9 Å². The van der Waals surface area contributed by atoms with Gasteiger partial charge in [0.25, 0.3) is 0 Å². The van der Waals surface area contributed by atoms with Crippen molar-refractivity contribution in [1.82, 2.24) is 24.7 Å². The maximum absolute atomic E-state index is 12.7. The van der Waals surface area contributed by atoms with Crippen LogP contribution >= 0.6 is 11.8 Å². The maximum Gasteiger partial charge on any atom is 0.307 e. The third-order valence-corrected chi connectivity index (χ3v) is 5.24. The number of methoxy groups -OCH3 is 1. The first-order valence-corrected chi connectivity index (χ1v) is 9.70. The minimum absolute atomic E-state index is 0.00215. The fraction of sp³-hybridized carbons (Fsp3) is 0.316. The van der Waals surface area contributed by atoms with Crippen LogP contribution in [0.5, 0.6) is 0 Å². The van der Waals surface area contributed by atoms with Crippen molar-refractivity contribution in [3.05, 3.63) is 47.5 Å². The van der Waals surface area contributed by atoms with Gasteiger partial charge in [0.2, 0.25) is 5.16 Å². The first-order valence-electron chi connectivity index (χ1n) is 8.72. The lowest BCUT2D eigenvalue weighted by atomic mass is 10.2. The van der Waals surface area contributed by atoms with Gasteiger partial charge in [0.1, 0.15) is 0 Å².